The van der Waals surface area contributed by atoms with E-state index < -0.39 is 5.41 Å². The second-order valence-corrected chi connectivity index (χ2v) is 10.2. The molecule has 3 aliphatic rings. The van der Waals surface area contributed by atoms with Gasteiger partial charge in [-0.1, -0.05) is 56.2 Å². The van der Waals surface area contributed by atoms with E-state index in [-0.39, 0.29) is 19.3 Å². The van der Waals surface area contributed by atoms with Crippen LogP contribution in [0.15, 0.2) is 54.6 Å². The maximum atomic E-state index is 14.4. The van der Waals surface area contributed by atoms with Crippen LogP contribution in [0.25, 0.3) is 11.1 Å². The fourth-order valence-corrected chi connectivity index (χ4v) is 5.82. The van der Waals surface area contributed by atoms with Crippen LogP contribution < -0.4 is 19.1 Å². The van der Waals surface area contributed by atoms with Crippen molar-refractivity contribution in [2.75, 3.05) is 38.9 Å². The number of amides is 1. The van der Waals surface area contributed by atoms with Crippen LogP contribution >= 0.6 is 0 Å². The van der Waals surface area contributed by atoms with Crippen LogP contribution in [0.4, 0.5) is 5.69 Å². The van der Waals surface area contributed by atoms with Crippen LogP contribution in [0, 0.1) is 0 Å². The number of unbranched alkanes of at least 4 members (excludes halogenated alkanes) is 2. The molecular formula is C30H32N2O4. The molecule has 186 valence electrons. The van der Waals surface area contributed by atoms with Crippen molar-refractivity contribution in [1.29, 1.82) is 0 Å². The Morgan fingerprint density at radius 2 is 1.72 bits per heavy atom. The van der Waals surface area contributed by atoms with Gasteiger partial charge in [-0.05, 0) is 49.3 Å². The summed E-state index contributed by atoms with van der Waals surface area (Å²) < 4.78 is 17.5. The molecule has 6 nitrogen and oxygen atoms in total. The lowest BCUT2D eigenvalue weighted by Crippen LogP contribution is -2.43. The van der Waals surface area contributed by atoms with Gasteiger partial charge in [0.25, 0.3) is 0 Å². The number of nitrogens with zero attached hydrogens (tertiary/aromatic N) is 2. The van der Waals surface area contributed by atoms with Gasteiger partial charge in [-0.2, -0.15) is 0 Å². The molecule has 3 aliphatic heterocycles. The summed E-state index contributed by atoms with van der Waals surface area (Å²) in [7, 11) is 4.15. The first-order valence-corrected chi connectivity index (χ1v) is 12.8. The van der Waals surface area contributed by atoms with Crippen molar-refractivity contribution in [3.8, 4) is 28.4 Å². The number of carbonyl (C=O) groups is 1. The van der Waals surface area contributed by atoms with Crippen molar-refractivity contribution in [2.45, 2.75) is 38.1 Å². The highest BCUT2D eigenvalue weighted by atomic mass is 16.7. The van der Waals surface area contributed by atoms with Crippen LogP contribution in [0.3, 0.4) is 0 Å². The van der Waals surface area contributed by atoms with Crippen LogP contribution in [-0.4, -0.2) is 44.8 Å². The largest absolute Gasteiger partial charge is 0.491 e. The van der Waals surface area contributed by atoms with Gasteiger partial charge in [-0.3, -0.25) is 4.79 Å². The molecule has 0 aliphatic carbocycles. The summed E-state index contributed by atoms with van der Waals surface area (Å²) in [6.07, 6.45) is 3.16. The number of anilines is 1. The number of hydrogen-bond donors (Lipinski definition) is 0. The van der Waals surface area contributed by atoms with Gasteiger partial charge in [0.2, 0.25) is 12.7 Å². The summed E-state index contributed by atoms with van der Waals surface area (Å²) >= 11 is 0. The molecule has 0 aromatic heterocycles. The molecule has 6 rings (SSSR count). The lowest BCUT2D eigenvalue weighted by Gasteiger charge is -2.24. The zero-order chi connectivity index (χ0) is 24.9. The highest BCUT2D eigenvalue weighted by molar-refractivity contribution is 6.13. The third-order valence-electron chi connectivity index (χ3n) is 7.50. The predicted octanol–water partition coefficient (Wildman–Crippen LogP) is 5.36. The van der Waals surface area contributed by atoms with E-state index in [0.717, 1.165) is 53.7 Å². The third-order valence-corrected chi connectivity index (χ3v) is 7.50. The number of hydrogen-bond acceptors (Lipinski definition) is 5. The van der Waals surface area contributed by atoms with Gasteiger partial charge in [0.05, 0.1) is 0 Å². The van der Waals surface area contributed by atoms with Gasteiger partial charge in [0.1, 0.15) is 17.8 Å². The van der Waals surface area contributed by atoms with Gasteiger partial charge in [-0.15, -0.1) is 0 Å². The minimum Gasteiger partial charge on any atom is -0.491 e. The molecule has 0 N–H and O–H groups in total. The van der Waals surface area contributed by atoms with Gasteiger partial charge in [0, 0.05) is 36.0 Å². The SMILES string of the molecule is CCCCCN1C(=O)C2(COc3cc4c(cc32)OCO4)c2c(-c3ccc(CN(C)C)cc3)cccc21. The van der Waals surface area contributed by atoms with Gasteiger partial charge in [0.15, 0.2) is 11.5 Å². The third kappa shape index (κ3) is 3.46. The standard InChI is InChI=1S/C30H32N2O4/c1-4-5-6-14-32-24-9-7-8-22(21-12-10-20(11-13-21)17-31(2)3)28(24)30(29(32)33)18-34-25-16-27-26(15-23(25)30)35-19-36-27/h7-13,15-16H,4-6,14,17-19H2,1-3H3. The van der Waals surface area contributed by atoms with Crippen LogP contribution in [0.5, 0.6) is 17.2 Å². The second kappa shape index (κ2) is 8.86. The van der Waals surface area contributed by atoms with E-state index in [1.807, 2.05) is 17.0 Å². The zero-order valence-corrected chi connectivity index (χ0v) is 21.2. The van der Waals surface area contributed by atoms with Crippen molar-refractivity contribution < 1.29 is 19.0 Å². The van der Waals surface area contributed by atoms with Gasteiger partial charge < -0.3 is 24.0 Å². The number of carbonyl (C=O) groups excluding carboxylic acids is 1. The minimum absolute atomic E-state index is 0.0860. The molecule has 1 spiro atoms. The molecule has 0 radical (unpaired) electrons. The predicted molar refractivity (Wildman–Crippen MR) is 140 cm³/mol. The number of benzene rings is 3. The first-order valence-electron chi connectivity index (χ1n) is 12.8. The molecule has 0 saturated heterocycles. The zero-order valence-electron chi connectivity index (χ0n) is 21.2. The summed E-state index contributed by atoms with van der Waals surface area (Å²) in [5, 5.41) is 0. The summed E-state index contributed by atoms with van der Waals surface area (Å²) in [4.78, 5) is 18.5. The Morgan fingerprint density at radius 1 is 0.944 bits per heavy atom. The summed E-state index contributed by atoms with van der Waals surface area (Å²) in [5.74, 6) is 2.12. The molecule has 0 bridgehead atoms. The fourth-order valence-electron chi connectivity index (χ4n) is 5.82. The van der Waals surface area contributed by atoms with Gasteiger partial charge in [-0.25, -0.2) is 0 Å². The van der Waals surface area contributed by atoms with Crippen molar-refractivity contribution in [2.24, 2.45) is 0 Å². The molecule has 0 fully saturated rings. The van der Waals surface area contributed by atoms with E-state index in [0.29, 0.717) is 23.8 Å². The van der Waals surface area contributed by atoms with E-state index in [4.69, 9.17) is 14.2 Å². The smallest absolute Gasteiger partial charge is 0.245 e. The van der Waals surface area contributed by atoms with Crippen LogP contribution in [0.2, 0.25) is 0 Å². The molecule has 36 heavy (non-hydrogen) atoms. The average Bonchev–Trinajstić information content (AvgIpc) is 3.55. The monoisotopic (exact) mass is 484 g/mol. The Labute approximate surface area is 212 Å². The maximum absolute atomic E-state index is 14.4. The topological polar surface area (TPSA) is 51.2 Å². The molecule has 1 atom stereocenters. The molecule has 3 heterocycles. The highest BCUT2D eigenvalue weighted by Crippen LogP contribution is 2.57. The lowest BCUT2D eigenvalue weighted by atomic mass is 9.74. The Bertz CT molecular complexity index is 1320. The van der Waals surface area contributed by atoms with Crippen molar-refractivity contribution in [1.82, 2.24) is 4.90 Å². The van der Waals surface area contributed by atoms with Crippen LogP contribution in [-0.2, 0) is 16.8 Å². The van der Waals surface area contributed by atoms with E-state index in [9.17, 15) is 4.79 Å². The Morgan fingerprint density at radius 3 is 2.47 bits per heavy atom. The van der Waals surface area contributed by atoms with E-state index in [2.05, 4.69) is 68.4 Å². The molecule has 1 amide bonds. The second-order valence-electron chi connectivity index (χ2n) is 10.2. The van der Waals surface area contributed by atoms with Crippen molar-refractivity contribution in [3.05, 3.63) is 71.3 Å². The fraction of sp³-hybridized carbons (Fsp3) is 0.367. The molecule has 1 unspecified atom stereocenters. The molecular weight excluding hydrogens is 452 g/mol. The summed E-state index contributed by atoms with van der Waals surface area (Å²) in [6.45, 7) is 4.23. The molecule has 3 aromatic carbocycles. The maximum Gasteiger partial charge on any atom is 0.245 e. The number of fused-ring (bicyclic) bond motifs is 5. The minimum atomic E-state index is -0.906. The molecule has 0 saturated carbocycles. The lowest BCUT2D eigenvalue weighted by molar-refractivity contribution is -0.122. The van der Waals surface area contributed by atoms with Gasteiger partial charge >= 0.3 is 0 Å². The number of rotatable bonds is 7. The summed E-state index contributed by atoms with van der Waals surface area (Å²) in [5.41, 5.74) is 5.41. The molecule has 3 aromatic rings. The van der Waals surface area contributed by atoms with Crippen molar-refractivity contribution >= 4 is 11.6 Å². The average molecular weight is 485 g/mol. The first-order chi connectivity index (χ1) is 17.5. The van der Waals surface area contributed by atoms with E-state index in [1.54, 1.807) is 0 Å². The highest BCUT2D eigenvalue weighted by Gasteiger charge is 2.58. The first kappa shape index (κ1) is 22.9. The Hall–Kier alpha value is -3.51. The van der Waals surface area contributed by atoms with E-state index >= 15 is 0 Å². The summed E-state index contributed by atoms with van der Waals surface area (Å²) in [6, 6.07) is 18.8. The van der Waals surface area contributed by atoms with E-state index in [1.165, 1.54) is 5.56 Å². The van der Waals surface area contributed by atoms with Crippen LogP contribution in [0.1, 0.15) is 42.9 Å². The molecule has 6 heteroatoms. The van der Waals surface area contributed by atoms with Crippen molar-refractivity contribution in [3.63, 3.8) is 0 Å². The normalized spacial score (nSPS) is 19.2. The number of ether oxygens (including phenoxy) is 3. The quantitative estimate of drug-likeness (QED) is 0.423. The Balaban J connectivity index is 1.52. The Kier molecular flexibility index (Phi) is 5.64.